The second-order valence-electron chi connectivity index (χ2n) is 5.69. The zero-order valence-electron chi connectivity index (χ0n) is 11.9. The van der Waals surface area contributed by atoms with Gasteiger partial charge in [0.15, 0.2) is 9.84 Å². The number of hydrogen-bond donors (Lipinski definition) is 0. The fourth-order valence-corrected chi connectivity index (χ4v) is 4.06. The van der Waals surface area contributed by atoms with E-state index in [0.29, 0.717) is 6.42 Å². The Labute approximate surface area is 129 Å². The lowest BCUT2D eigenvalue weighted by molar-refractivity contribution is 0.542. The number of hydrogen-bond acceptors (Lipinski definition) is 2. The summed E-state index contributed by atoms with van der Waals surface area (Å²) in [5, 5.41) is 2.37. The first-order valence-corrected chi connectivity index (χ1v) is 9.34. The fourth-order valence-electron chi connectivity index (χ4n) is 2.14. The molecular formula is C16H19BrO2S. The topological polar surface area (TPSA) is 34.1 Å². The first-order chi connectivity index (χ1) is 9.23. The van der Waals surface area contributed by atoms with Gasteiger partial charge in [0.1, 0.15) is 0 Å². The molecule has 4 heteroatoms. The summed E-state index contributed by atoms with van der Waals surface area (Å²) in [5.41, 5.74) is 1.17. The van der Waals surface area contributed by atoms with Crippen molar-refractivity contribution in [3.63, 3.8) is 0 Å². The molecule has 0 aliphatic rings. The maximum Gasteiger partial charge on any atom is 0.153 e. The number of halogens is 1. The second kappa shape index (κ2) is 5.49. The van der Waals surface area contributed by atoms with E-state index in [1.54, 1.807) is 13.8 Å². The third-order valence-corrected chi connectivity index (χ3v) is 7.96. The highest BCUT2D eigenvalue weighted by atomic mass is 79.9. The molecule has 1 unspecified atom stereocenters. The van der Waals surface area contributed by atoms with Crippen LogP contribution in [0.5, 0.6) is 0 Å². The predicted octanol–water partition coefficient (Wildman–Crippen LogP) is 3.97. The molecule has 0 heterocycles. The van der Waals surface area contributed by atoms with Crippen LogP contribution in [0.2, 0.25) is 0 Å². The largest absolute Gasteiger partial charge is 0.229 e. The standard InChI is InChI=1S/C16H19BrO2S/c1-16(2,20(3,18)19)15(17)11-13-9-6-8-12-7-4-5-10-14(12)13/h4-10,15H,11H2,1-3H3. The number of rotatable bonds is 4. The van der Waals surface area contributed by atoms with Crippen molar-refractivity contribution < 1.29 is 8.42 Å². The van der Waals surface area contributed by atoms with Gasteiger partial charge >= 0.3 is 0 Å². The molecule has 0 fully saturated rings. The van der Waals surface area contributed by atoms with Gasteiger partial charge in [-0.25, -0.2) is 8.42 Å². The fraction of sp³-hybridized carbons (Fsp3) is 0.375. The van der Waals surface area contributed by atoms with Gasteiger partial charge in [-0.3, -0.25) is 0 Å². The van der Waals surface area contributed by atoms with Gasteiger partial charge in [0, 0.05) is 11.1 Å². The van der Waals surface area contributed by atoms with Crippen LogP contribution in [0, 0.1) is 0 Å². The molecule has 108 valence electrons. The average molecular weight is 355 g/mol. The van der Waals surface area contributed by atoms with Crippen LogP contribution < -0.4 is 0 Å². The molecule has 0 amide bonds. The Balaban J connectivity index is 2.38. The highest BCUT2D eigenvalue weighted by Crippen LogP contribution is 2.31. The van der Waals surface area contributed by atoms with Crippen molar-refractivity contribution >= 4 is 36.5 Å². The van der Waals surface area contributed by atoms with Gasteiger partial charge in [-0.05, 0) is 36.6 Å². The third-order valence-electron chi connectivity index (χ3n) is 3.99. The smallest absolute Gasteiger partial charge is 0.153 e. The Morgan fingerprint density at radius 1 is 1.10 bits per heavy atom. The molecule has 0 radical (unpaired) electrons. The summed E-state index contributed by atoms with van der Waals surface area (Å²) in [6, 6.07) is 14.3. The first-order valence-electron chi connectivity index (χ1n) is 6.54. The van der Waals surface area contributed by atoms with Crippen LogP contribution in [0.3, 0.4) is 0 Å². The van der Waals surface area contributed by atoms with Crippen molar-refractivity contribution in [1.82, 2.24) is 0 Å². The Hall–Kier alpha value is -0.870. The lowest BCUT2D eigenvalue weighted by Gasteiger charge is -2.28. The second-order valence-corrected chi connectivity index (χ2v) is 9.39. The van der Waals surface area contributed by atoms with E-state index in [4.69, 9.17) is 0 Å². The van der Waals surface area contributed by atoms with E-state index < -0.39 is 14.6 Å². The van der Waals surface area contributed by atoms with Crippen molar-refractivity contribution in [3.8, 4) is 0 Å². The van der Waals surface area contributed by atoms with E-state index in [2.05, 4.69) is 40.2 Å². The zero-order chi connectivity index (χ0) is 15.0. The van der Waals surface area contributed by atoms with Gasteiger partial charge < -0.3 is 0 Å². The van der Waals surface area contributed by atoms with Crippen LogP contribution in [0.15, 0.2) is 42.5 Å². The van der Waals surface area contributed by atoms with E-state index in [1.165, 1.54) is 22.6 Å². The lowest BCUT2D eigenvalue weighted by Crippen LogP contribution is -2.41. The van der Waals surface area contributed by atoms with Crippen LogP contribution in [0.4, 0.5) is 0 Å². The molecule has 0 aromatic heterocycles. The summed E-state index contributed by atoms with van der Waals surface area (Å²) < 4.78 is 23.0. The highest BCUT2D eigenvalue weighted by Gasteiger charge is 2.37. The molecule has 2 aromatic carbocycles. The number of fused-ring (bicyclic) bond motifs is 1. The molecule has 20 heavy (non-hydrogen) atoms. The van der Waals surface area contributed by atoms with Crippen LogP contribution in [-0.4, -0.2) is 24.2 Å². The van der Waals surface area contributed by atoms with Crippen LogP contribution in [0.1, 0.15) is 19.4 Å². The predicted molar refractivity (Wildman–Crippen MR) is 89.3 cm³/mol. The lowest BCUT2D eigenvalue weighted by atomic mass is 9.97. The van der Waals surface area contributed by atoms with Crippen LogP contribution in [0.25, 0.3) is 10.8 Å². The normalized spacial score (nSPS) is 14.4. The molecule has 2 aromatic rings. The van der Waals surface area contributed by atoms with E-state index in [-0.39, 0.29) is 4.83 Å². The summed E-state index contributed by atoms with van der Waals surface area (Å²) in [5.74, 6) is 0. The van der Waals surface area contributed by atoms with Crippen molar-refractivity contribution in [2.45, 2.75) is 29.8 Å². The Morgan fingerprint density at radius 2 is 1.70 bits per heavy atom. The van der Waals surface area contributed by atoms with Gasteiger partial charge in [-0.1, -0.05) is 58.4 Å². The van der Waals surface area contributed by atoms with Gasteiger partial charge in [-0.15, -0.1) is 0 Å². The molecule has 0 bridgehead atoms. The number of benzene rings is 2. The number of alkyl halides is 1. The van der Waals surface area contributed by atoms with Crippen molar-refractivity contribution in [3.05, 3.63) is 48.0 Å². The van der Waals surface area contributed by atoms with E-state index >= 15 is 0 Å². The van der Waals surface area contributed by atoms with Gasteiger partial charge in [0.05, 0.1) is 4.75 Å². The van der Waals surface area contributed by atoms with E-state index in [0.717, 1.165) is 0 Å². The van der Waals surface area contributed by atoms with Gasteiger partial charge in [0.25, 0.3) is 0 Å². The van der Waals surface area contributed by atoms with Crippen molar-refractivity contribution in [1.29, 1.82) is 0 Å². The van der Waals surface area contributed by atoms with Gasteiger partial charge in [0.2, 0.25) is 0 Å². The molecule has 2 rings (SSSR count). The molecule has 0 aliphatic carbocycles. The van der Waals surface area contributed by atoms with Crippen molar-refractivity contribution in [2.24, 2.45) is 0 Å². The van der Waals surface area contributed by atoms with Gasteiger partial charge in [-0.2, -0.15) is 0 Å². The quantitative estimate of drug-likeness (QED) is 0.778. The summed E-state index contributed by atoms with van der Waals surface area (Å²) in [7, 11) is -3.12. The number of sulfone groups is 1. The SMILES string of the molecule is CC(C)(C(Br)Cc1cccc2ccccc12)S(C)(=O)=O. The molecule has 1 atom stereocenters. The highest BCUT2D eigenvalue weighted by molar-refractivity contribution is 9.09. The van der Waals surface area contributed by atoms with E-state index in [1.807, 2.05) is 18.2 Å². The molecule has 0 N–H and O–H groups in total. The minimum Gasteiger partial charge on any atom is -0.229 e. The molecule has 0 saturated carbocycles. The minimum atomic E-state index is -3.12. The Bertz CT molecular complexity index is 715. The maximum atomic E-state index is 11.9. The zero-order valence-corrected chi connectivity index (χ0v) is 14.3. The monoisotopic (exact) mass is 354 g/mol. The minimum absolute atomic E-state index is 0.129. The summed E-state index contributed by atoms with van der Waals surface area (Å²) in [4.78, 5) is -0.129. The third kappa shape index (κ3) is 2.91. The molecule has 0 saturated heterocycles. The Kier molecular flexibility index (Phi) is 4.26. The first kappa shape index (κ1) is 15.5. The molecule has 2 nitrogen and oxygen atoms in total. The summed E-state index contributed by atoms with van der Waals surface area (Å²) in [6.07, 6.45) is 1.98. The summed E-state index contributed by atoms with van der Waals surface area (Å²) in [6.45, 7) is 3.54. The van der Waals surface area contributed by atoms with E-state index in [9.17, 15) is 8.42 Å². The Morgan fingerprint density at radius 3 is 2.35 bits per heavy atom. The van der Waals surface area contributed by atoms with Crippen molar-refractivity contribution in [2.75, 3.05) is 6.26 Å². The summed E-state index contributed by atoms with van der Waals surface area (Å²) >= 11 is 3.58. The average Bonchev–Trinajstić information content (AvgIpc) is 2.37. The van der Waals surface area contributed by atoms with Crippen LogP contribution in [-0.2, 0) is 16.3 Å². The maximum absolute atomic E-state index is 11.9. The van der Waals surface area contributed by atoms with Crippen LogP contribution >= 0.6 is 15.9 Å². The molecular weight excluding hydrogens is 336 g/mol. The molecule has 0 aliphatic heterocycles. The molecule has 0 spiro atoms.